The van der Waals surface area contributed by atoms with Crippen molar-refractivity contribution in [2.24, 2.45) is 5.41 Å². The monoisotopic (exact) mass is 234 g/mol. The van der Waals surface area contributed by atoms with Crippen LogP contribution in [0.2, 0.25) is 0 Å². The molecule has 3 N–H and O–H groups in total. The van der Waals surface area contributed by atoms with E-state index in [1.165, 1.54) is 0 Å². The van der Waals surface area contributed by atoms with Crippen LogP contribution in [0.25, 0.3) is 0 Å². The van der Waals surface area contributed by atoms with E-state index in [2.05, 4.69) is 10.6 Å². The molecule has 0 heterocycles. The standard InChI is InChI=1S/C11H23FN2O2/c1-11(2,9-15)5-3-7-13-10(16)14-8-4-6-12/h15H,3-9H2,1-2H3,(H2,13,14,16). The average molecular weight is 234 g/mol. The number of carbonyl (C=O) groups excluding carboxylic acids is 1. The number of hydrogen-bond donors (Lipinski definition) is 3. The molecule has 0 unspecified atom stereocenters. The molecule has 0 saturated heterocycles. The van der Waals surface area contributed by atoms with Crippen LogP contribution in [0.1, 0.15) is 33.1 Å². The molecular formula is C11H23FN2O2. The Labute approximate surface area is 96.6 Å². The van der Waals surface area contributed by atoms with Crippen molar-refractivity contribution in [1.82, 2.24) is 10.6 Å². The van der Waals surface area contributed by atoms with Gasteiger partial charge in [0.1, 0.15) is 0 Å². The van der Waals surface area contributed by atoms with Crippen molar-refractivity contribution in [1.29, 1.82) is 0 Å². The molecule has 0 aliphatic carbocycles. The molecule has 0 aromatic heterocycles. The lowest BCUT2D eigenvalue weighted by Crippen LogP contribution is -2.37. The summed E-state index contributed by atoms with van der Waals surface area (Å²) in [6.45, 7) is 4.64. The molecule has 0 bridgehead atoms. The summed E-state index contributed by atoms with van der Waals surface area (Å²) in [5, 5.41) is 14.3. The molecule has 0 aromatic rings. The average Bonchev–Trinajstić information content (AvgIpc) is 2.25. The molecule has 2 amide bonds. The summed E-state index contributed by atoms with van der Waals surface area (Å²) in [5.41, 5.74) is -0.0909. The maximum absolute atomic E-state index is 11.7. The number of aliphatic hydroxyl groups excluding tert-OH is 1. The lowest BCUT2D eigenvalue weighted by molar-refractivity contribution is 0.148. The molecule has 5 heteroatoms. The minimum atomic E-state index is -0.412. The fourth-order valence-electron chi connectivity index (χ4n) is 1.18. The molecule has 0 fully saturated rings. The molecule has 0 aliphatic heterocycles. The summed E-state index contributed by atoms with van der Waals surface area (Å²) in [7, 11) is 0. The highest BCUT2D eigenvalue weighted by atomic mass is 19.1. The van der Waals surface area contributed by atoms with Crippen LogP contribution in [-0.4, -0.2) is 37.5 Å². The maximum Gasteiger partial charge on any atom is 0.314 e. The molecule has 0 atom stereocenters. The molecule has 4 nitrogen and oxygen atoms in total. The summed E-state index contributed by atoms with van der Waals surface area (Å²) in [5.74, 6) is 0. The number of aliphatic hydroxyl groups is 1. The van der Waals surface area contributed by atoms with Crippen molar-refractivity contribution in [2.75, 3.05) is 26.4 Å². The number of hydrogen-bond acceptors (Lipinski definition) is 2. The van der Waals surface area contributed by atoms with Crippen LogP contribution in [0, 0.1) is 5.41 Å². The molecule has 0 saturated carbocycles. The predicted octanol–water partition coefficient (Wildman–Crippen LogP) is 1.44. The third-order valence-corrected chi connectivity index (χ3v) is 2.34. The summed E-state index contributed by atoms with van der Waals surface area (Å²) in [6, 6.07) is -0.254. The minimum Gasteiger partial charge on any atom is -0.396 e. The third-order valence-electron chi connectivity index (χ3n) is 2.34. The third kappa shape index (κ3) is 8.47. The zero-order valence-corrected chi connectivity index (χ0v) is 10.2. The molecule has 0 aliphatic rings. The van der Waals surface area contributed by atoms with Gasteiger partial charge in [0.2, 0.25) is 0 Å². The van der Waals surface area contributed by atoms with Crippen LogP contribution in [0.15, 0.2) is 0 Å². The van der Waals surface area contributed by atoms with Gasteiger partial charge in [-0.25, -0.2) is 4.79 Å². The van der Waals surface area contributed by atoms with Crippen molar-refractivity contribution in [3.63, 3.8) is 0 Å². The van der Waals surface area contributed by atoms with Gasteiger partial charge >= 0.3 is 6.03 Å². The Kier molecular flexibility index (Phi) is 7.89. The van der Waals surface area contributed by atoms with E-state index in [0.29, 0.717) is 19.5 Å². The number of amides is 2. The van der Waals surface area contributed by atoms with Gasteiger partial charge in [-0.05, 0) is 24.7 Å². The van der Waals surface area contributed by atoms with E-state index in [1.807, 2.05) is 13.8 Å². The number of alkyl halides is 1. The SMILES string of the molecule is CC(C)(CO)CCCNC(=O)NCCCF. The number of halogens is 1. The normalized spacial score (nSPS) is 11.2. The van der Waals surface area contributed by atoms with Crippen molar-refractivity contribution in [3.8, 4) is 0 Å². The molecule has 0 aromatic carbocycles. The van der Waals surface area contributed by atoms with Gasteiger partial charge in [0.05, 0.1) is 6.67 Å². The largest absolute Gasteiger partial charge is 0.396 e. The smallest absolute Gasteiger partial charge is 0.314 e. The van der Waals surface area contributed by atoms with Crippen LogP contribution in [0.4, 0.5) is 9.18 Å². The summed E-state index contributed by atoms with van der Waals surface area (Å²) >= 11 is 0. The second kappa shape index (κ2) is 8.33. The first-order valence-corrected chi connectivity index (χ1v) is 5.70. The fraction of sp³-hybridized carbons (Fsp3) is 0.909. The highest BCUT2D eigenvalue weighted by Crippen LogP contribution is 2.20. The molecule has 16 heavy (non-hydrogen) atoms. The van der Waals surface area contributed by atoms with E-state index >= 15 is 0 Å². The first-order valence-electron chi connectivity index (χ1n) is 5.70. The fourth-order valence-corrected chi connectivity index (χ4v) is 1.18. The highest BCUT2D eigenvalue weighted by molar-refractivity contribution is 5.73. The van der Waals surface area contributed by atoms with E-state index in [4.69, 9.17) is 5.11 Å². The summed E-state index contributed by atoms with van der Waals surface area (Å²) in [6.07, 6.45) is 2.03. The molecule has 96 valence electrons. The zero-order valence-electron chi connectivity index (χ0n) is 10.2. The van der Waals surface area contributed by atoms with Gasteiger partial charge in [0, 0.05) is 19.7 Å². The van der Waals surface area contributed by atoms with Gasteiger partial charge in [0.25, 0.3) is 0 Å². The second-order valence-corrected chi connectivity index (χ2v) is 4.65. The number of urea groups is 1. The Morgan fingerprint density at radius 2 is 1.81 bits per heavy atom. The summed E-state index contributed by atoms with van der Waals surface area (Å²) in [4.78, 5) is 11.1. The van der Waals surface area contributed by atoms with Crippen molar-refractivity contribution in [2.45, 2.75) is 33.1 Å². The van der Waals surface area contributed by atoms with Gasteiger partial charge in [-0.1, -0.05) is 13.8 Å². The number of nitrogens with one attached hydrogen (secondary N) is 2. The van der Waals surface area contributed by atoms with E-state index in [9.17, 15) is 9.18 Å². The van der Waals surface area contributed by atoms with Crippen molar-refractivity contribution < 1.29 is 14.3 Å². The maximum atomic E-state index is 11.7. The van der Waals surface area contributed by atoms with Gasteiger partial charge in [0.15, 0.2) is 0 Å². The lowest BCUT2D eigenvalue weighted by Gasteiger charge is -2.21. The topological polar surface area (TPSA) is 61.4 Å². The van der Waals surface area contributed by atoms with Crippen molar-refractivity contribution in [3.05, 3.63) is 0 Å². The van der Waals surface area contributed by atoms with Gasteiger partial charge < -0.3 is 15.7 Å². The van der Waals surface area contributed by atoms with Gasteiger partial charge in [-0.15, -0.1) is 0 Å². The Balaban J connectivity index is 3.41. The van der Waals surface area contributed by atoms with E-state index in [0.717, 1.165) is 12.8 Å². The predicted molar refractivity (Wildman–Crippen MR) is 62.1 cm³/mol. The second-order valence-electron chi connectivity index (χ2n) is 4.65. The van der Waals surface area contributed by atoms with Gasteiger partial charge in [-0.3, -0.25) is 4.39 Å². The number of rotatable bonds is 8. The first kappa shape index (κ1) is 15.2. The van der Waals surface area contributed by atoms with Crippen LogP contribution in [0.5, 0.6) is 0 Å². The molecule has 0 rings (SSSR count). The highest BCUT2D eigenvalue weighted by Gasteiger charge is 2.15. The van der Waals surface area contributed by atoms with Crippen LogP contribution in [-0.2, 0) is 0 Å². The minimum absolute atomic E-state index is 0.0909. The lowest BCUT2D eigenvalue weighted by atomic mass is 9.89. The Morgan fingerprint density at radius 3 is 2.31 bits per heavy atom. The Bertz CT molecular complexity index is 198. The van der Waals surface area contributed by atoms with Crippen LogP contribution >= 0.6 is 0 Å². The van der Waals surface area contributed by atoms with Gasteiger partial charge in [-0.2, -0.15) is 0 Å². The van der Waals surface area contributed by atoms with E-state index < -0.39 is 6.67 Å². The van der Waals surface area contributed by atoms with Crippen LogP contribution in [0.3, 0.4) is 0 Å². The van der Waals surface area contributed by atoms with E-state index in [-0.39, 0.29) is 18.1 Å². The first-order chi connectivity index (χ1) is 7.52. The van der Waals surface area contributed by atoms with Crippen LogP contribution < -0.4 is 10.6 Å². The van der Waals surface area contributed by atoms with E-state index in [1.54, 1.807) is 0 Å². The molecule has 0 spiro atoms. The molecule has 0 radical (unpaired) electrons. The Morgan fingerprint density at radius 1 is 1.25 bits per heavy atom. The molecular weight excluding hydrogens is 211 g/mol. The number of carbonyl (C=O) groups is 1. The zero-order chi connectivity index (χ0) is 12.4. The van der Waals surface area contributed by atoms with Crippen molar-refractivity contribution >= 4 is 6.03 Å². The Hall–Kier alpha value is -0.840. The quantitative estimate of drug-likeness (QED) is 0.557. The summed E-state index contributed by atoms with van der Waals surface area (Å²) < 4.78 is 11.7.